The Morgan fingerprint density at radius 1 is 0.944 bits per heavy atom. The molecule has 0 heterocycles. The summed E-state index contributed by atoms with van der Waals surface area (Å²) in [6, 6.07) is 11.2. The number of unbranched alkanes of at least 4 members (excludes halogenated alkanes) is 5. The number of benzene rings is 1. The van der Waals surface area contributed by atoms with Crippen molar-refractivity contribution in [2.24, 2.45) is 0 Å². The summed E-state index contributed by atoms with van der Waals surface area (Å²) in [4.78, 5) is 1.62. The minimum atomic E-state index is 0.564. The Bertz CT molecular complexity index is 316. The van der Waals surface area contributed by atoms with Crippen molar-refractivity contribution in [1.82, 2.24) is 0 Å². The molecule has 1 aromatic rings. The summed E-state index contributed by atoms with van der Waals surface area (Å²) in [5, 5.41) is 1.03. The van der Waals surface area contributed by atoms with E-state index in [4.69, 9.17) is 0 Å². The van der Waals surface area contributed by atoms with E-state index in [9.17, 15) is 0 Å². The predicted molar refractivity (Wildman–Crippen MR) is 83.3 cm³/mol. The molecule has 1 atom stereocenters. The van der Waals surface area contributed by atoms with Crippen LogP contribution in [0, 0.1) is 0 Å². The Balaban J connectivity index is 1.71. The van der Waals surface area contributed by atoms with Crippen LogP contribution in [0.3, 0.4) is 0 Å². The van der Waals surface area contributed by atoms with Crippen molar-refractivity contribution >= 4 is 10.9 Å². The van der Waals surface area contributed by atoms with E-state index in [0.29, 0.717) is 10.9 Å². The highest BCUT2D eigenvalue weighted by Gasteiger charge is 2.41. The summed E-state index contributed by atoms with van der Waals surface area (Å²) in [6.45, 7) is 2.29. The molecule has 0 amide bonds. The molecule has 0 saturated heterocycles. The van der Waals surface area contributed by atoms with E-state index < -0.39 is 0 Å². The zero-order valence-electron chi connectivity index (χ0n) is 11.7. The fourth-order valence-corrected chi connectivity index (χ4v) is 5.14. The van der Waals surface area contributed by atoms with Crippen molar-refractivity contribution in [1.29, 1.82) is 0 Å². The Kier molecular flexibility index (Phi) is 6.13. The molecule has 1 saturated carbocycles. The second-order valence-electron chi connectivity index (χ2n) is 5.41. The first-order chi connectivity index (χ1) is 8.92. The van der Waals surface area contributed by atoms with Gasteiger partial charge in [-0.1, -0.05) is 50.8 Å². The zero-order valence-corrected chi connectivity index (χ0v) is 12.6. The maximum absolute atomic E-state index is 2.35. The smallest absolute Gasteiger partial charge is 0.0654 e. The monoisotopic (exact) mass is 263 g/mol. The summed E-state index contributed by atoms with van der Waals surface area (Å²) in [5.74, 6) is 1.45. The molecule has 1 aliphatic rings. The van der Waals surface area contributed by atoms with E-state index in [1.165, 1.54) is 57.1 Å². The van der Waals surface area contributed by atoms with Gasteiger partial charge in [0.2, 0.25) is 0 Å². The predicted octanol–water partition coefficient (Wildman–Crippen LogP) is 5.19. The summed E-state index contributed by atoms with van der Waals surface area (Å²) >= 11 is 0. The first-order valence-corrected chi connectivity index (χ1v) is 9.12. The summed E-state index contributed by atoms with van der Waals surface area (Å²) < 4.78 is 0. The zero-order chi connectivity index (χ0) is 12.6. The van der Waals surface area contributed by atoms with Gasteiger partial charge in [-0.2, -0.15) is 0 Å². The van der Waals surface area contributed by atoms with E-state index in [2.05, 4.69) is 37.3 Å². The first-order valence-electron chi connectivity index (χ1n) is 7.66. The molecule has 0 aliphatic heterocycles. The van der Waals surface area contributed by atoms with Crippen LogP contribution in [0.15, 0.2) is 35.2 Å². The molecule has 1 fully saturated rings. The van der Waals surface area contributed by atoms with E-state index in [1.54, 1.807) is 4.90 Å². The van der Waals surface area contributed by atoms with Crippen molar-refractivity contribution in [3.8, 4) is 0 Å². The highest BCUT2D eigenvalue weighted by Crippen LogP contribution is 2.36. The van der Waals surface area contributed by atoms with Crippen LogP contribution in [0.25, 0.3) is 0 Å². The Morgan fingerprint density at radius 2 is 1.61 bits per heavy atom. The third kappa shape index (κ3) is 4.68. The fourth-order valence-electron chi connectivity index (χ4n) is 2.46. The van der Waals surface area contributed by atoms with Gasteiger partial charge >= 0.3 is 0 Å². The van der Waals surface area contributed by atoms with Gasteiger partial charge in [-0.05, 0) is 25.0 Å². The highest BCUT2D eigenvalue weighted by molar-refractivity contribution is 7.97. The molecular formula is C17H27S+. The number of hydrogen-bond donors (Lipinski definition) is 0. The molecule has 2 rings (SSSR count). The fraction of sp³-hybridized carbons (Fsp3) is 0.647. The average molecular weight is 263 g/mol. The number of rotatable bonds is 9. The molecule has 0 nitrogen and oxygen atoms in total. The average Bonchev–Trinajstić information content (AvgIpc) is 3.23. The molecule has 18 heavy (non-hydrogen) atoms. The Hall–Kier alpha value is -0.430. The molecule has 100 valence electrons. The van der Waals surface area contributed by atoms with Crippen LogP contribution in [0.4, 0.5) is 0 Å². The second-order valence-corrected chi connectivity index (χ2v) is 7.82. The third-order valence-electron chi connectivity index (χ3n) is 3.69. The largest absolute Gasteiger partial charge is 0.155 e. The molecule has 0 bridgehead atoms. The maximum Gasteiger partial charge on any atom is 0.155 e. The van der Waals surface area contributed by atoms with Crippen LogP contribution in [0.5, 0.6) is 0 Å². The van der Waals surface area contributed by atoms with Gasteiger partial charge in [0, 0.05) is 23.7 Å². The van der Waals surface area contributed by atoms with Crippen molar-refractivity contribution < 1.29 is 0 Å². The van der Waals surface area contributed by atoms with Gasteiger partial charge in [-0.15, -0.1) is 0 Å². The van der Waals surface area contributed by atoms with Crippen LogP contribution in [0.2, 0.25) is 0 Å². The summed E-state index contributed by atoms with van der Waals surface area (Å²) in [5.41, 5.74) is 0. The van der Waals surface area contributed by atoms with Crippen molar-refractivity contribution in [3.05, 3.63) is 30.3 Å². The van der Waals surface area contributed by atoms with E-state index in [1.807, 2.05) is 0 Å². The Morgan fingerprint density at radius 3 is 2.28 bits per heavy atom. The minimum absolute atomic E-state index is 0.564. The highest BCUT2D eigenvalue weighted by atomic mass is 32.2. The molecule has 0 radical (unpaired) electrons. The molecule has 0 N–H and O–H groups in total. The molecule has 1 heteroatoms. The SMILES string of the molecule is CCCCCCCC[S+](c1ccccc1)C1CC1. The Labute approximate surface area is 116 Å². The lowest BCUT2D eigenvalue weighted by atomic mass is 10.1. The normalized spacial score (nSPS) is 16.7. The van der Waals surface area contributed by atoms with E-state index in [0.717, 1.165) is 5.25 Å². The van der Waals surface area contributed by atoms with E-state index >= 15 is 0 Å². The third-order valence-corrected chi connectivity index (χ3v) is 6.57. The summed E-state index contributed by atoms with van der Waals surface area (Å²) in [7, 11) is 0.564. The molecule has 1 unspecified atom stereocenters. The second kappa shape index (κ2) is 7.89. The lowest BCUT2D eigenvalue weighted by Gasteiger charge is -2.07. The molecule has 0 spiro atoms. The molecular weight excluding hydrogens is 236 g/mol. The lowest BCUT2D eigenvalue weighted by Crippen LogP contribution is -2.13. The van der Waals surface area contributed by atoms with Gasteiger partial charge in [0.05, 0.1) is 0 Å². The summed E-state index contributed by atoms with van der Waals surface area (Å²) in [6.07, 6.45) is 11.5. The molecule has 1 aliphatic carbocycles. The van der Waals surface area contributed by atoms with Gasteiger partial charge in [0.15, 0.2) is 4.90 Å². The van der Waals surface area contributed by atoms with E-state index in [-0.39, 0.29) is 0 Å². The van der Waals surface area contributed by atoms with Gasteiger partial charge < -0.3 is 0 Å². The molecule has 0 aromatic heterocycles. The van der Waals surface area contributed by atoms with Crippen LogP contribution >= 0.6 is 0 Å². The topological polar surface area (TPSA) is 0 Å². The molecule has 1 aromatic carbocycles. The van der Waals surface area contributed by atoms with Gasteiger partial charge in [-0.3, -0.25) is 0 Å². The van der Waals surface area contributed by atoms with Crippen LogP contribution in [-0.2, 0) is 10.9 Å². The number of hydrogen-bond acceptors (Lipinski definition) is 0. The van der Waals surface area contributed by atoms with Crippen molar-refractivity contribution in [2.45, 2.75) is 68.4 Å². The van der Waals surface area contributed by atoms with Gasteiger partial charge in [-0.25, -0.2) is 0 Å². The minimum Gasteiger partial charge on any atom is -0.0654 e. The quantitative estimate of drug-likeness (QED) is 0.425. The maximum atomic E-state index is 2.35. The lowest BCUT2D eigenvalue weighted by molar-refractivity contribution is 0.626. The van der Waals surface area contributed by atoms with Crippen molar-refractivity contribution in [3.63, 3.8) is 0 Å². The van der Waals surface area contributed by atoms with Crippen molar-refractivity contribution in [2.75, 3.05) is 5.75 Å². The first kappa shape index (κ1) is 14.0. The van der Waals surface area contributed by atoms with Crippen LogP contribution in [-0.4, -0.2) is 11.0 Å². The van der Waals surface area contributed by atoms with Crippen LogP contribution in [0.1, 0.15) is 58.3 Å². The van der Waals surface area contributed by atoms with Gasteiger partial charge in [0.25, 0.3) is 0 Å². The standard InChI is InChI=1S/C17H27S/c1-2-3-4-5-6-10-15-18(17-13-14-17)16-11-8-7-9-12-16/h7-9,11-12,17H,2-6,10,13-15H2,1H3/q+1. The van der Waals surface area contributed by atoms with Gasteiger partial charge in [0.1, 0.15) is 11.0 Å². The van der Waals surface area contributed by atoms with Crippen LogP contribution < -0.4 is 0 Å².